The maximum atomic E-state index is 4.43. The second kappa shape index (κ2) is 5.79. The molecule has 2 aromatic rings. The number of nitrogens with zero attached hydrogens (tertiary/aromatic N) is 4. The lowest BCUT2D eigenvalue weighted by atomic mass is 9.94. The van der Waals surface area contributed by atoms with Crippen LogP contribution in [0.15, 0.2) is 18.5 Å². The molecule has 0 radical (unpaired) electrons. The molecule has 0 spiro atoms. The summed E-state index contributed by atoms with van der Waals surface area (Å²) in [5.41, 5.74) is 3.71. The first kappa shape index (κ1) is 13.4. The van der Waals surface area contributed by atoms with Crippen LogP contribution in [0.4, 0.5) is 0 Å². The van der Waals surface area contributed by atoms with Crippen molar-refractivity contribution in [2.45, 2.75) is 32.1 Å². The Bertz CT molecular complexity index is 556. The zero-order chi connectivity index (χ0) is 13.9. The Morgan fingerprint density at radius 1 is 1.45 bits per heavy atom. The van der Waals surface area contributed by atoms with E-state index < -0.39 is 0 Å². The van der Waals surface area contributed by atoms with Crippen molar-refractivity contribution in [3.05, 3.63) is 35.4 Å². The predicted octanol–water partition coefficient (Wildman–Crippen LogP) is 1.87. The lowest BCUT2D eigenvalue weighted by molar-refractivity contribution is 0.208. The van der Waals surface area contributed by atoms with E-state index in [1.807, 2.05) is 17.9 Å². The first-order valence-corrected chi connectivity index (χ1v) is 7.42. The Hall–Kier alpha value is -1.62. The predicted molar refractivity (Wildman–Crippen MR) is 78.7 cm³/mol. The van der Waals surface area contributed by atoms with Gasteiger partial charge in [0.2, 0.25) is 0 Å². The number of piperidine rings is 1. The van der Waals surface area contributed by atoms with Gasteiger partial charge in [0.25, 0.3) is 0 Å². The molecule has 1 aliphatic heterocycles. The number of hydrogen-bond donors (Lipinski definition) is 1. The smallest absolute Gasteiger partial charge is 0.0668 e. The van der Waals surface area contributed by atoms with Gasteiger partial charge in [-0.15, -0.1) is 0 Å². The Balaban J connectivity index is 1.55. The molecule has 3 heterocycles. The van der Waals surface area contributed by atoms with Gasteiger partial charge in [0.05, 0.1) is 11.9 Å². The van der Waals surface area contributed by atoms with Gasteiger partial charge >= 0.3 is 0 Å². The van der Waals surface area contributed by atoms with Gasteiger partial charge in [-0.1, -0.05) is 0 Å². The number of H-pyrrole nitrogens is 1. The molecule has 0 saturated carbocycles. The van der Waals surface area contributed by atoms with Crippen molar-refractivity contribution in [3.8, 4) is 0 Å². The number of likely N-dealkylation sites (tertiary alicyclic amines) is 1. The van der Waals surface area contributed by atoms with Crippen molar-refractivity contribution in [2.75, 3.05) is 19.6 Å². The molecule has 1 atom stereocenters. The van der Waals surface area contributed by atoms with Crippen LogP contribution in [0, 0.1) is 6.92 Å². The number of aromatic nitrogens is 4. The van der Waals surface area contributed by atoms with E-state index in [0.29, 0.717) is 5.92 Å². The van der Waals surface area contributed by atoms with Crippen molar-refractivity contribution in [1.29, 1.82) is 0 Å². The zero-order valence-corrected chi connectivity index (χ0v) is 12.3. The Labute approximate surface area is 120 Å². The average Bonchev–Trinajstić information content (AvgIpc) is 3.06. The molecular formula is C15H23N5. The van der Waals surface area contributed by atoms with Gasteiger partial charge in [-0.05, 0) is 44.4 Å². The van der Waals surface area contributed by atoms with Crippen molar-refractivity contribution >= 4 is 0 Å². The zero-order valence-electron chi connectivity index (χ0n) is 12.3. The molecule has 3 rings (SSSR count). The summed E-state index contributed by atoms with van der Waals surface area (Å²) >= 11 is 0. The maximum Gasteiger partial charge on any atom is 0.0668 e. The van der Waals surface area contributed by atoms with Gasteiger partial charge in [0.15, 0.2) is 0 Å². The lowest BCUT2D eigenvalue weighted by Gasteiger charge is -2.31. The molecule has 5 heteroatoms. The Morgan fingerprint density at radius 3 is 3.05 bits per heavy atom. The molecule has 0 aromatic carbocycles. The number of aromatic amines is 1. The molecule has 0 aliphatic carbocycles. The minimum atomic E-state index is 0.586. The Morgan fingerprint density at radius 2 is 2.35 bits per heavy atom. The third-order valence-electron chi connectivity index (χ3n) is 4.12. The summed E-state index contributed by atoms with van der Waals surface area (Å²) in [7, 11) is 1.97. The molecule has 1 saturated heterocycles. The van der Waals surface area contributed by atoms with Crippen LogP contribution in [0.1, 0.15) is 35.7 Å². The third kappa shape index (κ3) is 3.10. The van der Waals surface area contributed by atoms with Crippen molar-refractivity contribution in [1.82, 2.24) is 24.9 Å². The lowest BCUT2D eigenvalue weighted by Crippen LogP contribution is -2.35. The molecule has 0 amide bonds. The van der Waals surface area contributed by atoms with Gasteiger partial charge in [-0.3, -0.25) is 9.78 Å². The molecular weight excluding hydrogens is 250 g/mol. The van der Waals surface area contributed by atoms with Crippen LogP contribution in [0.5, 0.6) is 0 Å². The van der Waals surface area contributed by atoms with E-state index in [1.54, 1.807) is 0 Å². The van der Waals surface area contributed by atoms with Crippen molar-refractivity contribution in [3.63, 3.8) is 0 Å². The van der Waals surface area contributed by atoms with Crippen LogP contribution in [0.25, 0.3) is 0 Å². The molecule has 20 heavy (non-hydrogen) atoms. The third-order valence-corrected chi connectivity index (χ3v) is 4.12. The molecule has 1 fully saturated rings. The summed E-state index contributed by atoms with van der Waals surface area (Å²) < 4.78 is 1.88. The van der Waals surface area contributed by atoms with E-state index in [-0.39, 0.29) is 0 Å². The van der Waals surface area contributed by atoms with Gasteiger partial charge in [0, 0.05) is 37.9 Å². The topological polar surface area (TPSA) is 49.7 Å². The highest BCUT2D eigenvalue weighted by atomic mass is 15.2. The monoisotopic (exact) mass is 273 g/mol. The van der Waals surface area contributed by atoms with Crippen LogP contribution in [0.2, 0.25) is 0 Å². The number of nitrogens with one attached hydrogen (secondary N) is 1. The molecule has 1 unspecified atom stereocenters. The summed E-state index contributed by atoms with van der Waals surface area (Å²) in [5.74, 6) is 0.586. The van der Waals surface area contributed by atoms with E-state index in [1.165, 1.54) is 30.6 Å². The minimum Gasteiger partial charge on any atom is -0.302 e. The van der Waals surface area contributed by atoms with Crippen LogP contribution < -0.4 is 0 Å². The molecule has 108 valence electrons. The standard InChI is InChI=1S/C15H23N5/c1-12-8-15(18-17-12)14-4-3-6-20(11-14)7-5-13-9-16-19(2)10-13/h8-10,14H,3-7,11H2,1-2H3,(H,17,18). The summed E-state index contributed by atoms with van der Waals surface area (Å²) in [6.07, 6.45) is 7.69. The van der Waals surface area contributed by atoms with E-state index in [9.17, 15) is 0 Å². The quantitative estimate of drug-likeness (QED) is 0.925. The second-order valence-electron chi connectivity index (χ2n) is 5.89. The second-order valence-corrected chi connectivity index (χ2v) is 5.89. The normalized spacial score (nSPS) is 20.4. The van der Waals surface area contributed by atoms with Gasteiger partial charge < -0.3 is 4.90 Å². The first-order valence-electron chi connectivity index (χ1n) is 7.42. The van der Waals surface area contributed by atoms with E-state index in [4.69, 9.17) is 0 Å². The molecule has 1 N–H and O–H groups in total. The number of hydrogen-bond acceptors (Lipinski definition) is 3. The van der Waals surface area contributed by atoms with Gasteiger partial charge in [0.1, 0.15) is 0 Å². The summed E-state index contributed by atoms with van der Waals surface area (Å²) in [6, 6.07) is 2.19. The summed E-state index contributed by atoms with van der Waals surface area (Å²) in [4.78, 5) is 2.56. The fourth-order valence-electron chi connectivity index (χ4n) is 3.04. The van der Waals surface area contributed by atoms with E-state index in [0.717, 1.165) is 25.2 Å². The number of rotatable bonds is 4. The fraction of sp³-hybridized carbons (Fsp3) is 0.600. The average molecular weight is 273 g/mol. The summed E-state index contributed by atoms with van der Waals surface area (Å²) in [6.45, 7) is 5.52. The first-order chi connectivity index (χ1) is 9.70. The number of aryl methyl sites for hydroxylation is 2. The van der Waals surface area contributed by atoms with Crippen molar-refractivity contribution < 1.29 is 0 Å². The highest BCUT2D eigenvalue weighted by molar-refractivity contribution is 5.13. The molecule has 0 bridgehead atoms. The van der Waals surface area contributed by atoms with E-state index >= 15 is 0 Å². The van der Waals surface area contributed by atoms with E-state index in [2.05, 4.69) is 39.4 Å². The SMILES string of the molecule is Cc1cc(C2CCCN(CCc3cnn(C)c3)C2)n[nH]1. The fourth-order valence-corrected chi connectivity index (χ4v) is 3.04. The highest BCUT2D eigenvalue weighted by Crippen LogP contribution is 2.25. The minimum absolute atomic E-state index is 0.586. The largest absolute Gasteiger partial charge is 0.302 e. The molecule has 5 nitrogen and oxygen atoms in total. The van der Waals surface area contributed by atoms with Gasteiger partial charge in [-0.25, -0.2) is 0 Å². The Kier molecular flexibility index (Phi) is 3.87. The highest BCUT2D eigenvalue weighted by Gasteiger charge is 2.22. The van der Waals surface area contributed by atoms with Gasteiger partial charge in [-0.2, -0.15) is 10.2 Å². The van der Waals surface area contributed by atoms with Crippen LogP contribution in [-0.2, 0) is 13.5 Å². The van der Waals surface area contributed by atoms with Crippen LogP contribution in [-0.4, -0.2) is 44.5 Å². The van der Waals surface area contributed by atoms with Crippen LogP contribution in [0.3, 0.4) is 0 Å². The van der Waals surface area contributed by atoms with Crippen LogP contribution >= 0.6 is 0 Å². The van der Waals surface area contributed by atoms with Crippen molar-refractivity contribution in [2.24, 2.45) is 7.05 Å². The molecule has 1 aliphatic rings. The summed E-state index contributed by atoms with van der Waals surface area (Å²) in [5, 5.41) is 11.7. The molecule has 2 aromatic heterocycles. The maximum absolute atomic E-state index is 4.43.